The molecule has 0 amide bonds. The monoisotopic (exact) mass is 1110 g/mol. The van der Waals surface area contributed by atoms with Gasteiger partial charge in [-0.05, 0) is 79.0 Å². The molecule has 0 atom stereocenters. The van der Waals surface area contributed by atoms with Crippen molar-refractivity contribution in [3.05, 3.63) is 214 Å². The maximum absolute atomic E-state index is 3.88. The molecule has 2 aliphatic carbocycles. The molecular weight excluding hydrogens is 1050 g/mol. The molecule has 0 spiro atoms. The van der Waals surface area contributed by atoms with Crippen molar-refractivity contribution in [1.29, 1.82) is 0 Å². The van der Waals surface area contributed by atoms with Crippen LogP contribution in [-0.4, -0.2) is 0 Å². The molecule has 0 nitrogen and oxygen atoms in total. The molecule has 70 heavy (non-hydrogen) atoms. The molecule has 0 unspecified atom stereocenters. The summed E-state index contributed by atoms with van der Waals surface area (Å²) in [4.78, 5) is 0. The summed E-state index contributed by atoms with van der Waals surface area (Å²) in [5.74, 6) is 0. The second kappa shape index (κ2) is 22.1. The summed E-state index contributed by atoms with van der Waals surface area (Å²) in [7, 11) is 0. The van der Waals surface area contributed by atoms with Crippen molar-refractivity contribution >= 4 is 0 Å². The van der Waals surface area contributed by atoms with Crippen LogP contribution in [0.15, 0.2) is 158 Å². The fourth-order valence-corrected chi connectivity index (χ4v) is 10.2. The first-order valence-electron chi connectivity index (χ1n) is 24.0. The van der Waals surface area contributed by atoms with E-state index in [-0.39, 0.29) is 98.9 Å². The number of hydrogen-bond acceptors (Lipinski definition) is 0. The molecule has 0 heterocycles. The molecule has 2 aliphatic rings. The average molecular weight is 1110 g/mol. The minimum absolute atomic E-state index is 0. The predicted molar refractivity (Wildman–Crippen MR) is 284 cm³/mol. The second-order valence-electron chi connectivity index (χ2n) is 22.8. The van der Waals surface area contributed by atoms with Crippen LogP contribution in [0.25, 0.3) is 66.8 Å². The third-order valence-corrected chi connectivity index (χ3v) is 13.6. The quantitative estimate of drug-likeness (QED) is 0.154. The smallest absolute Gasteiger partial charge is 1.00 e. The predicted octanol–water partition coefficient (Wildman–Crippen LogP) is 12.0. The summed E-state index contributed by atoms with van der Waals surface area (Å²) in [5.41, 5.74) is 27.0. The van der Waals surface area contributed by atoms with Gasteiger partial charge in [-0.2, -0.15) is 0 Å². The van der Waals surface area contributed by atoms with Gasteiger partial charge in [0.25, 0.3) is 0 Å². The summed E-state index contributed by atoms with van der Waals surface area (Å²) in [5, 5.41) is 0. The first-order chi connectivity index (χ1) is 31.3. The molecule has 0 radical (unpaired) electrons. The molecule has 0 aromatic heterocycles. The minimum Gasteiger partial charge on any atom is -1.00 e. The number of rotatable bonds is 4. The van der Waals surface area contributed by atoms with Crippen molar-refractivity contribution in [1.82, 2.24) is 0 Å². The van der Waals surface area contributed by atoms with Crippen LogP contribution in [0.1, 0.15) is 128 Å². The van der Waals surface area contributed by atoms with Gasteiger partial charge in [0, 0.05) is 0 Å². The van der Waals surface area contributed by atoms with Gasteiger partial charge in [0.1, 0.15) is 0 Å². The van der Waals surface area contributed by atoms with Crippen molar-refractivity contribution in [3.8, 4) is 66.8 Å². The van der Waals surface area contributed by atoms with Crippen LogP contribution in [0.4, 0.5) is 0 Å². The zero-order valence-corrected chi connectivity index (χ0v) is 49.6. The number of benzene rings is 8. The topological polar surface area (TPSA) is 0 Å². The molecule has 352 valence electrons. The largest absolute Gasteiger partial charge is 2.00 e. The number of fused-ring (bicyclic) bond motifs is 6. The van der Waals surface area contributed by atoms with E-state index in [1.165, 1.54) is 111 Å². The molecule has 0 saturated carbocycles. The van der Waals surface area contributed by atoms with Gasteiger partial charge in [-0.25, -0.2) is 0 Å². The number of hydrogen-bond donors (Lipinski definition) is 0. The van der Waals surface area contributed by atoms with Crippen molar-refractivity contribution < 1.29 is 77.2 Å². The van der Waals surface area contributed by atoms with Crippen molar-refractivity contribution in [3.63, 3.8) is 0 Å². The Kier molecular flexibility index (Phi) is 18.0. The molecule has 8 aromatic rings. The molecule has 4 heteroatoms. The molecule has 8 aromatic carbocycles. The van der Waals surface area contributed by atoms with E-state index in [0.717, 1.165) is 12.8 Å². The van der Waals surface area contributed by atoms with E-state index in [1.807, 2.05) is 0 Å². The van der Waals surface area contributed by atoms with E-state index in [1.54, 1.807) is 0 Å². The van der Waals surface area contributed by atoms with Gasteiger partial charge in [0.15, 0.2) is 0 Å². The third-order valence-electron chi connectivity index (χ3n) is 13.6. The molecule has 0 fully saturated rings. The van der Waals surface area contributed by atoms with Gasteiger partial charge in [0.05, 0.1) is 0 Å². The molecule has 0 N–H and O–H groups in total. The Morgan fingerprint density at radius 1 is 0.300 bits per heavy atom. The van der Waals surface area contributed by atoms with Crippen molar-refractivity contribution in [2.45, 2.75) is 118 Å². The zero-order valence-electron chi connectivity index (χ0n) is 43.2. The van der Waals surface area contributed by atoms with E-state index < -0.39 is 0 Å². The first-order valence-corrected chi connectivity index (χ1v) is 24.0. The van der Waals surface area contributed by atoms with E-state index in [0.29, 0.717) is 0 Å². The first kappa shape index (κ1) is 57.0. The fraction of sp³-hybridized carbons (Fsp3) is 0.273. The van der Waals surface area contributed by atoms with Crippen LogP contribution in [0.2, 0.25) is 0 Å². The van der Waals surface area contributed by atoms with Crippen molar-refractivity contribution in [2.24, 2.45) is 0 Å². The van der Waals surface area contributed by atoms with Crippen LogP contribution in [0.3, 0.4) is 0 Å². The minimum atomic E-state index is 0. The Hall–Kier alpha value is -3.89. The van der Waals surface area contributed by atoms with Gasteiger partial charge < -0.3 is 24.8 Å². The fourth-order valence-electron chi connectivity index (χ4n) is 10.2. The van der Waals surface area contributed by atoms with Crippen LogP contribution in [0.5, 0.6) is 0 Å². The van der Waals surface area contributed by atoms with E-state index in [4.69, 9.17) is 0 Å². The Bertz CT molecular complexity index is 2650. The van der Waals surface area contributed by atoms with Crippen molar-refractivity contribution in [2.75, 3.05) is 0 Å². The van der Waals surface area contributed by atoms with Crippen LogP contribution >= 0.6 is 0 Å². The number of halogens is 2. The Balaban J connectivity index is 0.000000247. The van der Waals surface area contributed by atoms with Crippen LogP contribution in [-0.2, 0) is 86.9 Å². The molecular formula is C66H66Cl2Zr2. The SMILES string of the molecule is CC(C)(C)c1cc2c([c-]c1-c1ccccc1)Cc1cc(-c3ccccc3)c(C(C)(C)C)cc1-2.CC(C)(C)c1cc2c([c-]c1-c1ccccc1)Cc1cc(-c3ccccc3)c(C(C)(C)C)cc1-2.[Cl-].[Cl-].[Zr+2].[Zr+2]. The Labute approximate surface area is 471 Å². The Morgan fingerprint density at radius 2 is 0.557 bits per heavy atom. The van der Waals surface area contributed by atoms with Gasteiger partial charge >= 0.3 is 52.4 Å². The normalized spacial score (nSPS) is 12.3. The molecule has 0 aliphatic heterocycles. The Morgan fingerprint density at radius 3 is 0.829 bits per heavy atom. The van der Waals surface area contributed by atoms with Gasteiger partial charge in [0.2, 0.25) is 0 Å². The summed E-state index contributed by atoms with van der Waals surface area (Å²) in [6.07, 6.45) is 1.89. The van der Waals surface area contributed by atoms with Crippen LogP contribution in [0, 0.1) is 12.1 Å². The van der Waals surface area contributed by atoms with Gasteiger partial charge in [-0.1, -0.05) is 262 Å². The molecule has 0 bridgehead atoms. The summed E-state index contributed by atoms with van der Waals surface area (Å²) in [6, 6.07) is 65.7. The standard InChI is InChI=1S/2C33H33.2ClH.2Zr/c2*1-32(2,3)30-20-26-24(18-28(30)22-13-9-7-10-14-22)17-25-19-29(23-15-11-8-12-16-23)31(21-27(25)26)33(4,5)6;;;;/h2*7-16,18,20-21H,17H2,1-6H3;2*1H;;/q2*-1;;;2*+2/p-2. The van der Waals surface area contributed by atoms with Gasteiger partial charge in [-0.3, -0.25) is 0 Å². The van der Waals surface area contributed by atoms with Crippen LogP contribution < -0.4 is 24.8 Å². The second-order valence-corrected chi connectivity index (χ2v) is 22.8. The third kappa shape index (κ3) is 11.6. The van der Waals surface area contributed by atoms with E-state index >= 15 is 0 Å². The maximum atomic E-state index is 3.88. The van der Waals surface area contributed by atoms with Gasteiger partial charge in [-0.15, -0.1) is 57.6 Å². The summed E-state index contributed by atoms with van der Waals surface area (Å²) < 4.78 is 0. The molecule has 10 rings (SSSR count). The van der Waals surface area contributed by atoms with E-state index in [9.17, 15) is 0 Å². The zero-order chi connectivity index (χ0) is 46.8. The average Bonchev–Trinajstić information content (AvgIpc) is 3.84. The summed E-state index contributed by atoms with van der Waals surface area (Å²) in [6.45, 7) is 27.8. The summed E-state index contributed by atoms with van der Waals surface area (Å²) >= 11 is 0. The van der Waals surface area contributed by atoms with E-state index in [2.05, 4.69) is 253 Å². The maximum Gasteiger partial charge on any atom is 2.00 e. The molecule has 0 saturated heterocycles.